The molecule has 1 atom stereocenters. The maximum absolute atomic E-state index is 6.02. The van der Waals surface area contributed by atoms with Crippen LogP contribution in [0.15, 0.2) is 24.3 Å². The van der Waals surface area contributed by atoms with Crippen LogP contribution in [0, 0.1) is 0 Å². The molecule has 0 saturated carbocycles. The third-order valence-corrected chi connectivity index (χ3v) is 3.17. The van der Waals surface area contributed by atoms with Crippen LogP contribution >= 0.6 is 0 Å². The highest BCUT2D eigenvalue weighted by atomic mass is 16.5. The molecule has 0 aromatic rings. The molecule has 1 aliphatic rings. The van der Waals surface area contributed by atoms with Crippen LogP contribution in [0.5, 0.6) is 0 Å². The molecular weight excluding hydrogens is 228 g/mol. The molecule has 0 saturated heterocycles. The Morgan fingerprint density at radius 1 is 1.33 bits per heavy atom. The Labute approximate surface area is 110 Å². The fourth-order valence-electron chi connectivity index (χ4n) is 2.06. The molecule has 0 aliphatic heterocycles. The summed E-state index contributed by atoms with van der Waals surface area (Å²) >= 11 is 0. The van der Waals surface area contributed by atoms with Crippen LogP contribution in [0.2, 0.25) is 0 Å². The largest absolute Gasteiger partial charge is 0.382 e. The number of likely N-dealkylation sites (N-methyl/N-ethyl adjacent to an activating group) is 1. The Morgan fingerprint density at radius 2 is 1.94 bits per heavy atom. The lowest BCUT2D eigenvalue weighted by Gasteiger charge is -2.35. The van der Waals surface area contributed by atoms with Gasteiger partial charge in [0.25, 0.3) is 0 Å². The van der Waals surface area contributed by atoms with Crippen LogP contribution in [-0.4, -0.2) is 49.6 Å². The highest BCUT2D eigenvalue weighted by Crippen LogP contribution is 2.17. The zero-order chi connectivity index (χ0) is 13.6. The molecule has 1 aliphatic carbocycles. The van der Waals surface area contributed by atoms with Gasteiger partial charge in [-0.3, -0.25) is 4.90 Å². The van der Waals surface area contributed by atoms with Crippen molar-refractivity contribution in [2.75, 3.05) is 26.9 Å². The smallest absolute Gasteiger partial charge is 0.108 e. The fraction of sp³-hybridized carbons (Fsp3) is 0.714. The minimum atomic E-state index is -0.323. The first-order valence-electron chi connectivity index (χ1n) is 6.54. The van der Waals surface area contributed by atoms with Crippen molar-refractivity contribution in [1.82, 2.24) is 4.90 Å². The van der Waals surface area contributed by atoms with E-state index >= 15 is 0 Å². The average molecular weight is 254 g/mol. The van der Waals surface area contributed by atoms with Gasteiger partial charge in [-0.25, -0.2) is 0 Å². The van der Waals surface area contributed by atoms with E-state index in [0.717, 1.165) is 6.54 Å². The molecule has 0 spiro atoms. The van der Waals surface area contributed by atoms with Crippen LogP contribution in [-0.2, 0) is 9.47 Å². The van der Waals surface area contributed by atoms with E-state index in [1.165, 1.54) is 0 Å². The summed E-state index contributed by atoms with van der Waals surface area (Å²) in [6, 6.07) is 0.254. The Hall–Kier alpha value is -0.680. The van der Waals surface area contributed by atoms with Crippen molar-refractivity contribution in [3.63, 3.8) is 0 Å². The fourth-order valence-corrected chi connectivity index (χ4v) is 2.06. The minimum Gasteiger partial charge on any atom is -0.382 e. The molecule has 1 rings (SSSR count). The van der Waals surface area contributed by atoms with Gasteiger partial charge in [-0.2, -0.15) is 0 Å². The van der Waals surface area contributed by atoms with Crippen molar-refractivity contribution in [3.8, 4) is 0 Å². The Kier molecular flexibility index (Phi) is 6.02. The minimum absolute atomic E-state index is 0.0616. The van der Waals surface area contributed by atoms with E-state index in [2.05, 4.69) is 30.9 Å². The van der Waals surface area contributed by atoms with Crippen molar-refractivity contribution in [2.24, 2.45) is 5.73 Å². The van der Waals surface area contributed by atoms with Crippen LogP contribution < -0.4 is 5.73 Å². The predicted octanol–water partition coefficient (Wildman–Crippen LogP) is 1.53. The van der Waals surface area contributed by atoms with E-state index in [0.29, 0.717) is 13.2 Å². The average Bonchev–Trinajstić information content (AvgIpc) is 2.32. The van der Waals surface area contributed by atoms with Gasteiger partial charge in [0.2, 0.25) is 0 Å². The van der Waals surface area contributed by atoms with Gasteiger partial charge in [0, 0.05) is 18.7 Å². The summed E-state index contributed by atoms with van der Waals surface area (Å²) < 4.78 is 10.7. The lowest BCUT2D eigenvalue weighted by molar-refractivity contribution is -0.0647. The molecular formula is C14H26N2O2. The summed E-state index contributed by atoms with van der Waals surface area (Å²) in [6.07, 6.45) is 8.43. The van der Waals surface area contributed by atoms with E-state index in [1.807, 2.05) is 19.1 Å². The predicted molar refractivity (Wildman–Crippen MR) is 74.3 cm³/mol. The molecule has 0 aromatic carbocycles. The molecule has 1 unspecified atom stereocenters. The SMILES string of the molecule is CCN(C1C=CC(C)(N)C=C1)C(C)OCCOC. The Balaban J connectivity index is 2.54. The number of ether oxygens (including phenoxy) is 2. The van der Waals surface area contributed by atoms with Gasteiger partial charge in [-0.05, 0) is 20.4 Å². The number of methoxy groups -OCH3 is 1. The summed E-state index contributed by atoms with van der Waals surface area (Å²) in [6.45, 7) is 8.35. The van der Waals surface area contributed by atoms with Crippen LogP contribution in [0.3, 0.4) is 0 Å². The molecule has 0 heterocycles. The lowest BCUT2D eigenvalue weighted by atomic mass is 9.95. The van der Waals surface area contributed by atoms with Gasteiger partial charge < -0.3 is 15.2 Å². The monoisotopic (exact) mass is 254 g/mol. The summed E-state index contributed by atoms with van der Waals surface area (Å²) in [5, 5.41) is 0. The quantitative estimate of drug-likeness (QED) is 0.425. The second-order valence-electron chi connectivity index (χ2n) is 4.87. The summed E-state index contributed by atoms with van der Waals surface area (Å²) in [7, 11) is 1.68. The summed E-state index contributed by atoms with van der Waals surface area (Å²) in [5.74, 6) is 0. The highest BCUT2D eigenvalue weighted by molar-refractivity contribution is 5.26. The topological polar surface area (TPSA) is 47.7 Å². The van der Waals surface area contributed by atoms with Gasteiger partial charge >= 0.3 is 0 Å². The molecule has 18 heavy (non-hydrogen) atoms. The van der Waals surface area contributed by atoms with Crippen molar-refractivity contribution < 1.29 is 9.47 Å². The van der Waals surface area contributed by atoms with E-state index in [1.54, 1.807) is 7.11 Å². The second kappa shape index (κ2) is 7.04. The van der Waals surface area contributed by atoms with Crippen molar-refractivity contribution in [3.05, 3.63) is 24.3 Å². The third-order valence-electron chi connectivity index (χ3n) is 3.17. The van der Waals surface area contributed by atoms with Gasteiger partial charge in [0.15, 0.2) is 0 Å². The van der Waals surface area contributed by atoms with Crippen LogP contribution in [0.4, 0.5) is 0 Å². The molecule has 2 N–H and O–H groups in total. The first kappa shape index (κ1) is 15.4. The normalized spacial score (nSPS) is 28.9. The summed E-state index contributed by atoms with van der Waals surface area (Å²) in [4.78, 5) is 2.28. The van der Waals surface area contributed by atoms with E-state index in [9.17, 15) is 0 Å². The summed E-state index contributed by atoms with van der Waals surface area (Å²) in [5.41, 5.74) is 5.69. The van der Waals surface area contributed by atoms with Crippen molar-refractivity contribution in [2.45, 2.75) is 38.6 Å². The lowest BCUT2D eigenvalue weighted by Crippen LogP contribution is -2.44. The molecule has 4 heteroatoms. The van der Waals surface area contributed by atoms with Crippen molar-refractivity contribution in [1.29, 1.82) is 0 Å². The number of hydrogen-bond donors (Lipinski definition) is 1. The Morgan fingerprint density at radius 3 is 2.44 bits per heavy atom. The number of hydrogen-bond acceptors (Lipinski definition) is 4. The standard InChI is InChI=1S/C14H26N2O2/c1-5-16(12(2)18-11-10-17-4)13-6-8-14(3,15)9-7-13/h6-9,12-13H,5,10-11,15H2,1-4H3. The maximum Gasteiger partial charge on any atom is 0.108 e. The van der Waals surface area contributed by atoms with E-state index in [4.69, 9.17) is 15.2 Å². The van der Waals surface area contributed by atoms with Gasteiger partial charge in [0.1, 0.15) is 6.23 Å². The third kappa shape index (κ3) is 4.53. The first-order chi connectivity index (χ1) is 8.50. The number of nitrogens with zero attached hydrogens (tertiary/aromatic N) is 1. The highest BCUT2D eigenvalue weighted by Gasteiger charge is 2.23. The molecule has 0 fully saturated rings. The second-order valence-corrected chi connectivity index (χ2v) is 4.87. The molecule has 0 bridgehead atoms. The molecule has 0 amide bonds. The van der Waals surface area contributed by atoms with Crippen LogP contribution in [0.1, 0.15) is 20.8 Å². The van der Waals surface area contributed by atoms with Gasteiger partial charge in [-0.1, -0.05) is 31.2 Å². The number of rotatable bonds is 7. The molecule has 4 nitrogen and oxygen atoms in total. The Bertz CT molecular complexity index is 284. The zero-order valence-corrected chi connectivity index (χ0v) is 11.9. The van der Waals surface area contributed by atoms with Crippen LogP contribution in [0.25, 0.3) is 0 Å². The van der Waals surface area contributed by atoms with Crippen molar-refractivity contribution >= 4 is 0 Å². The number of nitrogens with two attached hydrogens (primary N) is 1. The molecule has 0 radical (unpaired) electrons. The van der Waals surface area contributed by atoms with Gasteiger partial charge in [0.05, 0.1) is 13.2 Å². The van der Waals surface area contributed by atoms with E-state index < -0.39 is 0 Å². The zero-order valence-electron chi connectivity index (χ0n) is 11.9. The first-order valence-corrected chi connectivity index (χ1v) is 6.54. The van der Waals surface area contributed by atoms with E-state index in [-0.39, 0.29) is 17.8 Å². The molecule has 0 aromatic heterocycles. The maximum atomic E-state index is 6.02. The van der Waals surface area contributed by atoms with Gasteiger partial charge in [-0.15, -0.1) is 0 Å². The molecule has 104 valence electrons.